The van der Waals surface area contributed by atoms with Gasteiger partial charge in [0.2, 0.25) is 0 Å². The normalized spacial score (nSPS) is 14.3. The number of hydrogen-bond acceptors (Lipinski definition) is 3. The molecule has 0 spiro atoms. The number of aryl methyl sites for hydroxylation is 1. The first-order chi connectivity index (χ1) is 9.15. The van der Waals surface area contributed by atoms with Crippen molar-refractivity contribution in [1.82, 2.24) is 15.3 Å². The van der Waals surface area contributed by atoms with Gasteiger partial charge >= 0.3 is 0 Å². The number of nitrogens with one attached hydrogen (secondary N) is 1. The van der Waals surface area contributed by atoms with E-state index in [0.29, 0.717) is 5.82 Å². The summed E-state index contributed by atoms with van der Waals surface area (Å²) in [6, 6.07) is 4.57. The fourth-order valence-corrected chi connectivity index (χ4v) is 2.46. The third kappa shape index (κ3) is 2.33. The molecule has 1 N–H and O–H groups in total. The molecule has 0 atom stereocenters. The van der Waals surface area contributed by atoms with Gasteiger partial charge in [-0.05, 0) is 25.1 Å². The molecular formula is C14H13ClFN3. The fourth-order valence-electron chi connectivity index (χ4n) is 2.28. The van der Waals surface area contributed by atoms with Gasteiger partial charge in [-0.15, -0.1) is 0 Å². The van der Waals surface area contributed by atoms with E-state index >= 15 is 0 Å². The van der Waals surface area contributed by atoms with E-state index in [1.54, 1.807) is 12.1 Å². The van der Waals surface area contributed by atoms with Gasteiger partial charge in [-0.2, -0.15) is 0 Å². The first-order valence-corrected chi connectivity index (χ1v) is 6.55. The minimum atomic E-state index is -0.427. The van der Waals surface area contributed by atoms with Gasteiger partial charge in [0.05, 0.1) is 10.7 Å². The van der Waals surface area contributed by atoms with E-state index in [4.69, 9.17) is 11.6 Å². The van der Waals surface area contributed by atoms with Crippen molar-refractivity contribution in [2.24, 2.45) is 0 Å². The Morgan fingerprint density at radius 3 is 2.95 bits per heavy atom. The van der Waals surface area contributed by atoms with E-state index < -0.39 is 5.82 Å². The van der Waals surface area contributed by atoms with Gasteiger partial charge in [-0.1, -0.05) is 11.6 Å². The summed E-state index contributed by atoms with van der Waals surface area (Å²) >= 11 is 5.81. The fraction of sp³-hybridized carbons (Fsp3) is 0.286. The lowest BCUT2D eigenvalue weighted by molar-refractivity contribution is 0.621. The zero-order valence-corrected chi connectivity index (χ0v) is 11.3. The zero-order valence-electron chi connectivity index (χ0n) is 10.5. The average molecular weight is 278 g/mol. The predicted octanol–water partition coefficient (Wildman–Crippen LogP) is 2.89. The molecule has 3 nitrogen and oxygen atoms in total. The number of benzene rings is 1. The molecule has 1 aliphatic rings. The molecule has 19 heavy (non-hydrogen) atoms. The quantitative estimate of drug-likeness (QED) is 0.871. The standard InChI is InChI=1S/C14H13ClFN3/c1-8-10-7-17-5-4-13(10)19-14(18-8)9-2-3-12(16)11(15)6-9/h2-3,6,17H,4-5,7H2,1H3. The van der Waals surface area contributed by atoms with Gasteiger partial charge in [-0.3, -0.25) is 0 Å². The Hall–Kier alpha value is -1.52. The van der Waals surface area contributed by atoms with Crippen LogP contribution in [0.15, 0.2) is 18.2 Å². The van der Waals surface area contributed by atoms with Gasteiger partial charge in [0.15, 0.2) is 5.82 Å². The van der Waals surface area contributed by atoms with Crippen molar-refractivity contribution in [2.45, 2.75) is 19.9 Å². The van der Waals surface area contributed by atoms with Crippen molar-refractivity contribution in [3.8, 4) is 11.4 Å². The molecule has 1 aromatic carbocycles. The van der Waals surface area contributed by atoms with Crippen LogP contribution in [0.5, 0.6) is 0 Å². The third-order valence-corrected chi connectivity index (χ3v) is 3.61. The van der Waals surface area contributed by atoms with Crippen molar-refractivity contribution in [2.75, 3.05) is 6.54 Å². The molecule has 0 aliphatic carbocycles. The molecule has 0 bridgehead atoms. The molecule has 98 valence electrons. The molecule has 3 rings (SSSR count). The highest BCUT2D eigenvalue weighted by Crippen LogP contribution is 2.25. The Labute approximate surface area is 115 Å². The minimum absolute atomic E-state index is 0.0955. The Morgan fingerprint density at radius 1 is 1.32 bits per heavy atom. The Bertz CT molecular complexity index is 643. The number of aromatic nitrogens is 2. The van der Waals surface area contributed by atoms with Crippen molar-refractivity contribution < 1.29 is 4.39 Å². The van der Waals surface area contributed by atoms with Crippen LogP contribution in [0.25, 0.3) is 11.4 Å². The molecule has 0 radical (unpaired) electrons. The smallest absolute Gasteiger partial charge is 0.159 e. The second-order valence-corrected chi connectivity index (χ2v) is 5.02. The average Bonchev–Trinajstić information content (AvgIpc) is 2.42. The maximum Gasteiger partial charge on any atom is 0.159 e. The molecule has 2 aromatic rings. The topological polar surface area (TPSA) is 37.8 Å². The lowest BCUT2D eigenvalue weighted by Gasteiger charge is -2.18. The molecule has 0 unspecified atom stereocenters. The highest BCUT2D eigenvalue weighted by Gasteiger charge is 2.16. The maximum absolute atomic E-state index is 13.2. The molecule has 2 heterocycles. The van der Waals surface area contributed by atoms with E-state index in [-0.39, 0.29) is 5.02 Å². The van der Waals surface area contributed by atoms with Gasteiger partial charge in [0.25, 0.3) is 0 Å². The van der Waals surface area contributed by atoms with Crippen LogP contribution in [-0.2, 0) is 13.0 Å². The van der Waals surface area contributed by atoms with E-state index in [1.807, 2.05) is 6.92 Å². The zero-order chi connectivity index (χ0) is 13.4. The first-order valence-electron chi connectivity index (χ1n) is 6.17. The van der Waals surface area contributed by atoms with Crippen LogP contribution < -0.4 is 5.32 Å². The SMILES string of the molecule is Cc1nc(-c2ccc(F)c(Cl)c2)nc2c1CNCC2. The van der Waals surface area contributed by atoms with Crippen LogP contribution in [-0.4, -0.2) is 16.5 Å². The molecule has 5 heteroatoms. The Balaban J connectivity index is 2.10. The van der Waals surface area contributed by atoms with E-state index in [9.17, 15) is 4.39 Å². The minimum Gasteiger partial charge on any atom is -0.312 e. The van der Waals surface area contributed by atoms with Crippen LogP contribution in [0.3, 0.4) is 0 Å². The number of nitrogens with zero attached hydrogens (tertiary/aromatic N) is 2. The van der Waals surface area contributed by atoms with Crippen molar-refractivity contribution in [3.05, 3.63) is 46.0 Å². The Morgan fingerprint density at radius 2 is 2.16 bits per heavy atom. The summed E-state index contributed by atoms with van der Waals surface area (Å²) in [6.45, 7) is 3.71. The lowest BCUT2D eigenvalue weighted by atomic mass is 10.1. The number of halogens is 2. The summed E-state index contributed by atoms with van der Waals surface area (Å²) in [5.74, 6) is 0.185. The van der Waals surface area contributed by atoms with E-state index in [2.05, 4.69) is 15.3 Å². The Kier molecular flexibility index (Phi) is 3.21. The summed E-state index contributed by atoms with van der Waals surface area (Å²) in [7, 11) is 0. The third-order valence-electron chi connectivity index (χ3n) is 3.32. The molecule has 0 saturated heterocycles. The van der Waals surface area contributed by atoms with Crippen LogP contribution in [0.1, 0.15) is 17.0 Å². The van der Waals surface area contributed by atoms with Crippen molar-refractivity contribution >= 4 is 11.6 Å². The second-order valence-electron chi connectivity index (χ2n) is 4.61. The monoisotopic (exact) mass is 277 g/mol. The van der Waals surface area contributed by atoms with Crippen LogP contribution in [0.2, 0.25) is 5.02 Å². The highest BCUT2D eigenvalue weighted by molar-refractivity contribution is 6.31. The molecule has 1 aromatic heterocycles. The van der Waals surface area contributed by atoms with Gasteiger partial charge < -0.3 is 5.32 Å². The second kappa shape index (κ2) is 4.87. The predicted molar refractivity (Wildman–Crippen MR) is 72.6 cm³/mol. The highest BCUT2D eigenvalue weighted by atomic mass is 35.5. The number of rotatable bonds is 1. The molecule has 0 saturated carbocycles. The molecular weight excluding hydrogens is 265 g/mol. The lowest BCUT2D eigenvalue weighted by Crippen LogP contribution is -2.26. The molecule has 1 aliphatic heterocycles. The summed E-state index contributed by atoms with van der Waals surface area (Å²) in [6.07, 6.45) is 0.890. The van der Waals surface area contributed by atoms with E-state index in [0.717, 1.165) is 36.5 Å². The first kappa shape index (κ1) is 12.5. The van der Waals surface area contributed by atoms with Crippen molar-refractivity contribution in [3.63, 3.8) is 0 Å². The van der Waals surface area contributed by atoms with Crippen LogP contribution in [0.4, 0.5) is 4.39 Å². The summed E-state index contributed by atoms with van der Waals surface area (Å²) in [4.78, 5) is 9.08. The van der Waals surface area contributed by atoms with Crippen molar-refractivity contribution in [1.29, 1.82) is 0 Å². The summed E-state index contributed by atoms with van der Waals surface area (Å²) in [5.41, 5.74) is 3.95. The van der Waals surface area contributed by atoms with E-state index in [1.165, 1.54) is 11.6 Å². The number of hydrogen-bond donors (Lipinski definition) is 1. The molecule has 0 amide bonds. The maximum atomic E-state index is 13.2. The summed E-state index contributed by atoms with van der Waals surface area (Å²) < 4.78 is 13.2. The molecule has 0 fully saturated rings. The van der Waals surface area contributed by atoms with Gasteiger partial charge in [0, 0.05) is 36.3 Å². The summed E-state index contributed by atoms with van der Waals surface area (Å²) in [5, 5.41) is 3.40. The van der Waals surface area contributed by atoms with Gasteiger partial charge in [0.1, 0.15) is 5.82 Å². The van der Waals surface area contributed by atoms with Crippen LogP contribution >= 0.6 is 11.6 Å². The number of fused-ring (bicyclic) bond motifs is 1. The van der Waals surface area contributed by atoms with Gasteiger partial charge in [-0.25, -0.2) is 14.4 Å². The van der Waals surface area contributed by atoms with Crippen LogP contribution in [0, 0.1) is 12.7 Å². The largest absolute Gasteiger partial charge is 0.312 e.